The molecule has 1 N–H and O–H groups in total. The molecule has 1 atom stereocenters. The largest absolute Gasteiger partial charge is 0.481 e. The molecule has 0 radical (unpaired) electrons. The number of carbonyl (C=O) groups excluding carboxylic acids is 1. The standard InChI is InChI=1S/C11H10O4/c1-6(10(12)13)7-2-3-9-8(4-7)5-15-11(9)14/h2-4,6H,5H2,1H3,(H,12,13). The molecule has 1 aliphatic heterocycles. The van der Waals surface area contributed by atoms with E-state index in [1.54, 1.807) is 25.1 Å². The Labute approximate surface area is 86.5 Å². The van der Waals surface area contributed by atoms with E-state index in [-0.39, 0.29) is 12.6 Å². The van der Waals surface area contributed by atoms with Crippen LogP contribution >= 0.6 is 0 Å². The Morgan fingerprint density at radius 2 is 2.27 bits per heavy atom. The molecule has 0 fully saturated rings. The molecule has 0 amide bonds. The van der Waals surface area contributed by atoms with Crippen molar-refractivity contribution in [2.75, 3.05) is 0 Å². The Balaban J connectivity index is 2.39. The Kier molecular flexibility index (Phi) is 2.19. The maximum Gasteiger partial charge on any atom is 0.338 e. The van der Waals surface area contributed by atoms with Crippen molar-refractivity contribution in [3.8, 4) is 0 Å². The molecule has 15 heavy (non-hydrogen) atoms. The van der Waals surface area contributed by atoms with Crippen molar-refractivity contribution in [1.82, 2.24) is 0 Å². The number of cyclic esters (lactones) is 1. The normalized spacial score (nSPS) is 15.7. The van der Waals surface area contributed by atoms with Gasteiger partial charge in [-0.1, -0.05) is 12.1 Å². The monoisotopic (exact) mass is 206 g/mol. The highest BCUT2D eigenvalue weighted by Crippen LogP contribution is 2.24. The molecule has 1 heterocycles. The lowest BCUT2D eigenvalue weighted by Gasteiger charge is -2.06. The van der Waals surface area contributed by atoms with Crippen LogP contribution in [0, 0.1) is 0 Å². The molecule has 1 unspecified atom stereocenters. The average Bonchev–Trinajstić information content (AvgIpc) is 2.59. The predicted octanol–water partition coefficient (Wildman–Crippen LogP) is 1.55. The van der Waals surface area contributed by atoms with Crippen LogP contribution in [0.15, 0.2) is 18.2 Å². The van der Waals surface area contributed by atoms with Gasteiger partial charge in [-0.15, -0.1) is 0 Å². The molecule has 0 spiro atoms. The average molecular weight is 206 g/mol. The number of ether oxygens (including phenoxy) is 1. The molecule has 1 aromatic rings. The highest BCUT2D eigenvalue weighted by atomic mass is 16.5. The lowest BCUT2D eigenvalue weighted by Crippen LogP contribution is -2.07. The van der Waals surface area contributed by atoms with Gasteiger partial charge < -0.3 is 9.84 Å². The van der Waals surface area contributed by atoms with Crippen molar-refractivity contribution in [3.63, 3.8) is 0 Å². The second-order valence-electron chi connectivity index (χ2n) is 3.55. The molecule has 0 saturated carbocycles. The van der Waals surface area contributed by atoms with E-state index in [1.807, 2.05) is 0 Å². The number of rotatable bonds is 2. The van der Waals surface area contributed by atoms with Crippen molar-refractivity contribution in [2.45, 2.75) is 19.4 Å². The van der Waals surface area contributed by atoms with Crippen molar-refractivity contribution >= 4 is 11.9 Å². The zero-order chi connectivity index (χ0) is 11.0. The molecule has 1 aliphatic rings. The van der Waals surface area contributed by atoms with E-state index in [4.69, 9.17) is 9.84 Å². The van der Waals surface area contributed by atoms with Gasteiger partial charge in [-0.2, -0.15) is 0 Å². The number of esters is 1. The Hall–Kier alpha value is -1.84. The first-order valence-corrected chi connectivity index (χ1v) is 4.62. The van der Waals surface area contributed by atoms with Crippen LogP contribution in [0.25, 0.3) is 0 Å². The van der Waals surface area contributed by atoms with Gasteiger partial charge in [0.15, 0.2) is 0 Å². The molecule has 4 nitrogen and oxygen atoms in total. The van der Waals surface area contributed by atoms with E-state index in [9.17, 15) is 9.59 Å². The molecule has 78 valence electrons. The van der Waals surface area contributed by atoms with Crippen LogP contribution in [0.4, 0.5) is 0 Å². The topological polar surface area (TPSA) is 63.6 Å². The lowest BCUT2D eigenvalue weighted by atomic mass is 9.97. The van der Waals surface area contributed by atoms with Crippen LogP contribution < -0.4 is 0 Å². The molecule has 0 aliphatic carbocycles. The third kappa shape index (κ3) is 1.58. The Morgan fingerprint density at radius 1 is 1.53 bits per heavy atom. The van der Waals surface area contributed by atoms with Crippen LogP contribution in [0.1, 0.15) is 34.3 Å². The summed E-state index contributed by atoms with van der Waals surface area (Å²) in [5.41, 5.74) is 2.00. The minimum absolute atomic E-state index is 0.244. The van der Waals surface area contributed by atoms with Crippen LogP contribution in [0.2, 0.25) is 0 Å². The smallest absolute Gasteiger partial charge is 0.338 e. The first kappa shape index (κ1) is 9.71. The summed E-state index contributed by atoms with van der Waals surface area (Å²) in [6, 6.07) is 5.00. The van der Waals surface area contributed by atoms with Crippen LogP contribution in [0.5, 0.6) is 0 Å². The predicted molar refractivity (Wildman–Crippen MR) is 51.6 cm³/mol. The molecule has 0 aromatic heterocycles. The van der Waals surface area contributed by atoms with Gasteiger partial charge in [-0.05, 0) is 18.6 Å². The van der Waals surface area contributed by atoms with Crippen LogP contribution in [-0.4, -0.2) is 17.0 Å². The number of hydrogen-bond donors (Lipinski definition) is 1. The fraction of sp³-hybridized carbons (Fsp3) is 0.273. The first-order chi connectivity index (χ1) is 7.09. The number of hydrogen-bond acceptors (Lipinski definition) is 3. The third-order valence-electron chi connectivity index (χ3n) is 2.58. The quantitative estimate of drug-likeness (QED) is 0.745. The van der Waals surface area contributed by atoms with Crippen molar-refractivity contribution in [2.24, 2.45) is 0 Å². The van der Waals surface area contributed by atoms with Crippen LogP contribution in [0.3, 0.4) is 0 Å². The molecular formula is C11H10O4. The molecule has 0 saturated heterocycles. The van der Waals surface area contributed by atoms with E-state index in [0.717, 1.165) is 5.56 Å². The van der Waals surface area contributed by atoms with Gasteiger partial charge in [0.25, 0.3) is 0 Å². The third-order valence-corrected chi connectivity index (χ3v) is 2.58. The molecule has 0 bridgehead atoms. The van der Waals surface area contributed by atoms with Gasteiger partial charge in [-0.3, -0.25) is 4.79 Å². The number of fused-ring (bicyclic) bond motifs is 1. The zero-order valence-corrected chi connectivity index (χ0v) is 8.19. The van der Waals surface area contributed by atoms with Crippen molar-refractivity contribution in [1.29, 1.82) is 0 Å². The summed E-state index contributed by atoms with van der Waals surface area (Å²) in [6.07, 6.45) is 0. The summed E-state index contributed by atoms with van der Waals surface area (Å²) in [6.45, 7) is 1.86. The summed E-state index contributed by atoms with van der Waals surface area (Å²) >= 11 is 0. The van der Waals surface area contributed by atoms with Crippen molar-refractivity contribution in [3.05, 3.63) is 34.9 Å². The Morgan fingerprint density at radius 3 is 2.93 bits per heavy atom. The number of carboxylic acids is 1. The zero-order valence-electron chi connectivity index (χ0n) is 8.19. The van der Waals surface area contributed by atoms with E-state index in [1.165, 1.54) is 0 Å². The highest BCUT2D eigenvalue weighted by molar-refractivity contribution is 5.93. The summed E-state index contributed by atoms with van der Waals surface area (Å²) in [5, 5.41) is 8.84. The minimum atomic E-state index is -0.875. The first-order valence-electron chi connectivity index (χ1n) is 4.62. The minimum Gasteiger partial charge on any atom is -0.481 e. The van der Waals surface area contributed by atoms with Gasteiger partial charge in [0, 0.05) is 5.56 Å². The fourth-order valence-corrected chi connectivity index (χ4v) is 1.57. The van der Waals surface area contributed by atoms with E-state index >= 15 is 0 Å². The number of benzene rings is 1. The molecular weight excluding hydrogens is 196 g/mol. The number of carboxylic acid groups (broad SMARTS) is 1. The summed E-state index contributed by atoms with van der Waals surface area (Å²) < 4.78 is 4.83. The van der Waals surface area contributed by atoms with Gasteiger partial charge in [0.2, 0.25) is 0 Å². The maximum absolute atomic E-state index is 11.1. The van der Waals surface area contributed by atoms with E-state index in [2.05, 4.69) is 0 Å². The SMILES string of the molecule is CC(C(=O)O)c1ccc2c(c1)COC2=O. The van der Waals surface area contributed by atoms with E-state index in [0.29, 0.717) is 11.1 Å². The molecule has 4 heteroatoms. The number of carbonyl (C=O) groups is 2. The lowest BCUT2D eigenvalue weighted by molar-refractivity contribution is -0.138. The second kappa shape index (κ2) is 3.38. The Bertz CT molecular complexity index is 436. The molecule has 1 aromatic carbocycles. The highest BCUT2D eigenvalue weighted by Gasteiger charge is 2.23. The van der Waals surface area contributed by atoms with Crippen molar-refractivity contribution < 1.29 is 19.4 Å². The number of aliphatic carboxylic acids is 1. The van der Waals surface area contributed by atoms with Crippen LogP contribution in [-0.2, 0) is 16.1 Å². The van der Waals surface area contributed by atoms with E-state index < -0.39 is 11.9 Å². The summed E-state index contributed by atoms with van der Waals surface area (Å²) in [4.78, 5) is 21.9. The summed E-state index contributed by atoms with van der Waals surface area (Å²) in [7, 11) is 0. The van der Waals surface area contributed by atoms with Gasteiger partial charge in [0.1, 0.15) is 6.61 Å². The fourth-order valence-electron chi connectivity index (χ4n) is 1.57. The van der Waals surface area contributed by atoms with Gasteiger partial charge in [0.05, 0.1) is 11.5 Å². The van der Waals surface area contributed by atoms with Gasteiger partial charge >= 0.3 is 11.9 Å². The van der Waals surface area contributed by atoms with Gasteiger partial charge in [-0.25, -0.2) is 4.79 Å². The summed E-state index contributed by atoms with van der Waals surface area (Å²) in [5.74, 6) is -1.77. The second-order valence-corrected chi connectivity index (χ2v) is 3.55. The molecule has 2 rings (SSSR count). The maximum atomic E-state index is 11.1.